The number of hydrogen-bond acceptors (Lipinski definition) is 3. The maximum atomic E-state index is 11.9. The smallest absolute Gasteiger partial charge is 0.403 e. The number of halogens is 5. The van der Waals surface area contributed by atoms with Crippen LogP contribution in [0, 0.1) is 18.7 Å². The quantitative estimate of drug-likeness (QED) is 0.499. The summed E-state index contributed by atoms with van der Waals surface area (Å²) in [6.45, 7) is 0. The van der Waals surface area contributed by atoms with E-state index in [4.69, 9.17) is 5.26 Å². The van der Waals surface area contributed by atoms with E-state index in [0.29, 0.717) is 3.70 Å². The van der Waals surface area contributed by atoms with Crippen LogP contribution in [0.25, 0.3) is 0 Å². The number of rotatable bonds is 1. The number of alkyl halides is 3. The molecule has 0 spiro atoms. The van der Waals surface area contributed by atoms with Gasteiger partial charge in [0.2, 0.25) is 0 Å². The SMILES string of the molecule is N#Cc1cc(OC(F)(F)F)c(I)nc1I. The van der Waals surface area contributed by atoms with Gasteiger partial charge in [-0.15, -0.1) is 13.2 Å². The lowest BCUT2D eigenvalue weighted by atomic mass is 10.3. The zero-order valence-electron chi connectivity index (χ0n) is 6.77. The molecule has 8 heteroatoms. The molecule has 1 aromatic rings. The summed E-state index contributed by atoms with van der Waals surface area (Å²) in [6, 6.07) is 2.75. The molecule has 0 bridgehead atoms. The molecule has 0 aromatic carbocycles. The highest BCUT2D eigenvalue weighted by Crippen LogP contribution is 2.28. The maximum absolute atomic E-state index is 11.9. The average molecular weight is 440 g/mol. The summed E-state index contributed by atoms with van der Waals surface area (Å²) in [4.78, 5) is 3.75. The molecular weight excluding hydrogens is 439 g/mol. The Hall–Kier alpha value is -0.310. The monoisotopic (exact) mass is 440 g/mol. The third kappa shape index (κ3) is 3.63. The summed E-state index contributed by atoms with van der Waals surface area (Å²) in [6.07, 6.45) is -4.78. The van der Waals surface area contributed by atoms with Gasteiger partial charge in [0.05, 0.1) is 5.56 Å². The lowest BCUT2D eigenvalue weighted by Gasteiger charge is -2.10. The molecule has 0 aliphatic heterocycles. The first kappa shape index (κ1) is 12.8. The van der Waals surface area contributed by atoms with Gasteiger partial charge in [-0.1, -0.05) is 0 Å². The molecular formula is C7HF3I2N2O. The van der Waals surface area contributed by atoms with Gasteiger partial charge in [-0.05, 0) is 45.2 Å². The van der Waals surface area contributed by atoms with E-state index < -0.39 is 12.1 Å². The van der Waals surface area contributed by atoms with Gasteiger partial charge in [0.1, 0.15) is 13.5 Å². The third-order valence-corrected chi connectivity index (χ3v) is 2.84. The van der Waals surface area contributed by atoms with Crippen LogP contribution >= 0.6 is 45.2 Å². The van der Waals surface area contributed by atoms with Gasteiger partial charge in [-0.2, -0.15) is 5.26 Å². The van der Waals surface area contributed by atoms with Gasteiger partial charge < -0.3 is 4.74 Å². The fourth-order valence-corrected chi connectivity index (χ4v) is 2.21. The predicted octanol–water partition coefficient (Wildman–Crippen LogP) is 3.06. The second-order valence-corrected chi connectivity index (χ2v) is 4.32. The Morgan fingerprint density at radius 2 is 1.93 bits per heavy atom. The topological polar surface area (TPSA) is 45.9 Å². The third-order valence-electron chi connectivity index (χ3n) is 1.24. The van der Waals surface area contributed by atoms with Gasteiger partial charge in [0, 0.05) is 6.07 Å². The van der Waals surface area contributed by atoms with E-state index in [9.17, 15) is 13.2 Å². The van der Waals surface area contributed by atoms with Crippen LogP contribution in [0.2, 0.25) is 0 Å². The first-order valence-corrected chi connectivity index (χ1v) is 5.51. The highest BCUT2D eigenvalue weighted by molar-refractivity contribution is 14.1. The van der Waals surface area contributed by atoms with E-state index in [1.807, 2.05) is 0 Å². The molecule has 0 unspecified atom stereocenters. The van der Waals surface area contributed by atoms with Gasteiger partial charge in [0.25, 0.3) is 0 Å². The van der Waals surface area contributed by atoms with Crippen LogP contribution in [0.15, 0.2) is 6.07 Å². The van der Waals surface area contributed by atoms with E-state index in [-0.39, 0.29) is 9.26 Å². The second-order valence-electron chi connectivity index (χ2n) is 2.28. The Kier molecular flexibility index (Phi) is 3.99. The molecule has 0 aliphatic rings. The Bertz CT molecular complexity index is 427. The molecule has 80 valence electrons. The standard InChI is InChI=1S/C7HF3I2N2O/c8-7(9,10)15-4-1-3(2-13)5(11)14-6(4)12/h1H. The molecule has 1 rings (SSSR count). The predicted molar refractivity (Wildman–Crippen MR) is 61.1 cm³/mol. The van der Waals surface area contributed by atoms with E-state index in [2.05, 4.69) is 9.72 Å². The average Bonchev–Trinajstić information content (AvgIpc) is 2.07. The van der Waals surface area contributed by atoms with Crippen molar-refractivity contribution < 1.29 is 17.9 Å². The lowest BCUT2D eigenvalue weighted by Crippen LogP contribution is -2.18. The van der Waals surface area contributed by atoms with Crippen LogP contribution in [0.5, 0.6) is 5.75 Å². The minimum Gasteiger partial charge on any atom is -0.403 e. The molecule has 0 N–H and O–H groups in total. The fraction of sp³-hybridized carbons (Fsp3) is 0.143. The van der Waals surface area contributed by atoms with E-state index in [1.165, 1.54) is 0 Å². The maximum Gasteiger partial charge on any atom is 0.573 e. The van der Waals surface area contributed by atoms with Crippen molar-refractivity contribution in [2.45, 2.75) is 6.36 Å². The highest BCUT2D eigenvalue weighted by atomic mass is 127. The van der Waals surface area contributed by atoms with Crippen LogP contribution in [0.4, 0.5) is 13.2 Å². The fourth-order valence-electron chi connectivity index (χ4n) is 0.726. The van der Waals surface area contributed by atoms with Crippen LogP contribution in [0.3, 0.4) is 0 Å². The number of nitriles is 1. The lowest BCUT2D eigenvalue weighted by molar-refractivity contribution is -0.275. The molecule has 0 atom stereocenters. The molecule has 0 aliphatic carbocycles. The van der Waals surface area contributed by atoms with Crippen molar-refractivity contribution in [2.24, 2.45) is 0 Å². The summed E-state index contributed by atoms with van der Waals surface area (Å²) in [5, 5.41) is 8.60. The molecule has 1 heterocycles. The van der Waals surface area contributed by atoms with Crippen LogP contribution in [-0.4, -0.2) is 11.3 Å². The molecule has 15 heavy (non-hydrogen) atoms. The van der Waals surface area contributed by atoms with Crippen molar-refractivity contribution in [1.29, 1.82) is 5.26 Å². The van der Waals surface area contributed by atoms with Crippen molar-refractivity contribution in [3.8, 4) is 11.8 Å². The van der Waals surface area contributed by atoms with Crippen molar-refractivity contribution in [3.63, 3.8) is 0 Å². The molecule has 0 radical (unpaired) electrons. The normalized spacial score (nSPS) is 10.9. The van der Waals surface area contributed by atoms with Gasteiger partial charge in [0.15, 0.2) is 5.75 Å². The molecule has 0 fully saturated rings. The summed E-state index contributed by atoms with van der Waals surface area (Å²) in [7, 11) is 0. The number of pyridine rings is 1. The van der Waals surface area contributed by atoms with Crippen molar-refractivity contribution >= 4 is 45.2 Å². The molecule has 3 nitrogen and oxygen atoms in total. The first-order valence-electron chi connectivity index (χ1n) is 3.35. The Labute approximate surface area is 110 Å². The molecule has 1 aromatic heterocycles. The highest BCUT2D eigenvalue weighted by Gasteiger charge is 2.32. The molecule has 0 amide bonds. The molecule has 0 saturated heterocycles. The number of hydrogen-bond donors (Lipinski definition) is 0. The number of ether oxygens (including phenoxy) is 1. The van der Waals surface area contributed by atoms with Gasteiger partial charge in [-0.25, -0.2) is 4.98 Å². The zero-order chi connectivity index (χ0) is 11.6. The Morgan fingerprint density at radius 3 is 2.40 bits per heavy atom. The van der Waals surface area contributed by atoms with Crippen LogP contribution in [0.1, 0.15) is 5.56 Å². The largest absolute Gasteiger partial charge is 0.573 e. The number of aromatic nitrogens is 1. The van der Waals surface area contributed by atoms with E-state index >= 15 is 0 Å². The minimum atomic E-state index is -4.78. The molecule has 0 saturated carbocycles. The summed E-state index contributed by atoms with van der Waals surface area (Å²) < 4.78 is 39.9. The Morgan fingerprint density at radius 1 is 1.33 bits per heavy atom. The van der Waals surface area contributed by atoms with Crippen molar-refractivity contribution in [2.75, 3.05) is 0 Å². The van der Waals surface area contributed by atoms with Crippen LogP contribution < -0.4 is 4.74 Å². The van der Waals surface area contributed by atoms with Crippen LogP contribution in [-0.2, 0) is 0 Å². The van der Waals surface area contributed by atoms with E-state index in [0.717, 1.165) is 6.07 Å². The zero-order valence-corrected chi connectivity index (χ0v) is 11.1. The summed E-state index contributed by atoms with van der Waals surface area (Å²) in [5.41, 5.74) is 0.0512. The van der Waals surface area contributed by atoms with Gasteiger partial charge >= 0.3 is 6.36 Å². The minimum absolute atomic E-state index is 0.0512. The first-order chi connectivity index (χ1) is 6.83. The summed E-state index contributed by atoms with van der Waals surface area (Å²) in [5.74, 6) is -0.458. The van der Waals surface area contributed by atoms with Gasteiger partial charge in [-0.3, -0.25) is 0 Å². The second kappa shape index (κ2) is 4.69. The van der Waals surface area contributed by atoms with Crippen molar-refractivity contribution in [1.82, 2.24) is 4.98 Å². The van der Waals surface area contributed by atoms with E-state index in [1.54, 1.807) is 51.3 Å². The number of nitrogens with zero attached hydrogens (tertiary/aromatic N) is 2. The summed E-state index contributed by atoms with van der Waals surface area (Å²) >= 11 is 3.37. The van der Waals surface area contributed by atoms with Crippen molar-refractivity contribution in [3.05, 3.63) is 19.0 Å². The Balaban J connectivity index is 3.15.